The first-order valence-corrected chi connectivity index (χ1v) is 5.64. The summed E-state index contributed by atoms with van der Waals surface area (Å²) in [6.45, 7) is 0. The Balaban J connectivity index is 2.91. The van der Waals surface area contributed by atoms with Crippen LogP contribution in [0, 0.1) is 5.82 Å². The van der Waals surface area contributed by atoms with Crippen molar-refractivity contribution in [3.05, 3.63) is 30.1 Å². The maximum atomic E-state index is 12.7. The Morgan fingerprint density at radius 2 is 2.13 bits per heavy atom. The molecule has 1 rings (SSSR count). The Bertz CT molecular complexity index is 475. The molecule has 0 spiro atoms. The Morgan fingerprint density at radius 3 is 2.67 bits per heavy atom. The van der Waals surface area contributed by atoms with Crippen molar-refractivity contribution in [2.75, 3.05) is 0 Å². The van der Waals surface area contributed by atoms with Crippen molar-refractivity contribution in [1.82, 2.24) is 10.3 Å². The van der Waals surface area contributed by atoms with Gasteiger partial charge in [0, 0.05) is 0 Å². The smallest absolute Gasteiger partial charge is 0.257 e. The number of thiocarbonyl (C=S) groups is 1. The van der Waals surface area contributed by atoms with Crippen molar-refractivity contribution >= 4 is 27.4 Å². The molecule has 1 aromatic rings. The topological polar surface area (TPSA) is 84.2 Å². The summed E-state index contributed by atoms with van der Waals surface area (Å²) in [5, 5.41) is -0.227. The third-order valence-electron chi connectivity index (χ3n) is 1.41. The van der Waals surface area contributed by atoms with Gasteiger partial charge in [0.2, 0.25) is 0 Å². The molecule has 0 unspecified atom stereocenters. The summed E-state index contributed by atoms with van der Waals surface area (Å²) in [5.74, 6) is -0.645. The number of halogens is 1. The lowest BCUT2D eigenvalue weighted by Crippen LogP contribution is -2.44. The summed E-state index contributed by atoms with van der Waals surface area (Å²) in [4.78, 5) is 1.67. The van der Waals surface area contributed by atoms with Crippen molar-refractivity contribution in [2.24, 2.45) is 5.73 Å². The summed E-state index contributed by atoms with van der Waals surface area (Å²) in [6, 6.07) is 4.54. The van der Waals surface area contributed by atoms with Gasteiger partial charge in [0.05, 0.1) is 4.90 Å². The van der Waals surface area contributed by atoms with Crippen LogP contribution in [0.5, 0.6) is 0 Å². The first-order chi connectivity index (χ1) is 6.92. The highest BCUT2D eigenvalue weighted by atomic mass is 32.2. The summed E-state index contributed by atoms with van der Waals surface area (Å²) in [7, 11) is -3.85. The van der Waals surface area contributed by atoms with Gasteiger partial charge in [-0.25, -0.2) is 12.8 Å². The third kappa shape index (κ3) is 3.42. The van der Waals surface area contributed by atoms with E-state index < -0.39 is 15.8 Å². The van der Waals surface area contributed by atoms with Crippen LogP contribution in [0.2, 0.25) is 0 Å². The van der Waals surface area contributed by atoms with Crippen LogP contribution in [0.4, 0.5) is 4.39 Å². The molecular formula is C7H8FN3O2S2. The normalized spacial score (nSPS) is 11.0. The lowest BCUT2D eigenvalue weighted by Gasteiger charge is -2.07. The van der Waals surface area contributed by atoms with Crippen LogP contribution in [0.15, 0.2) is 29.2 Å². The second-order valence-electron chi connectivity index (χ2n) is 2.55. The highest BCUT2D eigenvalue weighted by molar-refractivity contribution is 7.89. The summed E-state index contributed by atoms with van der Waals surface area (Å²) >= 11 is 4.40. The number of sulfonamides is 1. The molecule has 4 N–H and O–H groups in total. The molecule has 15 heavy (non-hydrogen) atoms. The van der Waals surface area contributed by atoms with E-state index in [9.17, 15) is 12.8 Å². The molecule has 0 radical (unpaired) electrons. The highest BCUT2D eigenvalue weighted by Crippen LogP contribution is 2.09. The molecular weight excluding hydrogens is 241 g/mol. The molecule has 8 heteroatoms. The van der Waals surface area contributed by atoms with E-state index in [1.165, 1.54) is 12.1 Å². The number of hydrogen-bond donors (Lipinski definition) is 3. The minimum absolute atomic E-state index is 0.216. The summed E-state index contributed by atoms with van der Waals surface area (Å²) < 4.78 is 35.6. The second-order valence-corrected chi connectivity index (χ2v) is 4.67. The van der Waals surface area contributed by atoms with Crippen molar-refractivity contribution in [3.8, 4) is 0 Å². The van der Waals surface area contributed by atoms with Gasteiger partial charge < -0.3 is 5.73 Å². The first-order valence-electron chi connectivity index (χ1n) is 3.74. The maximum Gasteiger partial charge on any atom is 0.257 e. The van der Waals surface area contributed by atoms with E-state index in [2.05, 4.69) is 17.6 Å². The standard InChI is InChI=1S/C7H8FN3O2S2/c8-5-2-1-3-6(4-5)15(12,13)11-10-7(9)14/h1-4,11H,(H3,9,10,14). The van der Waals surface area contributed by atoms with E-state index in [1.807, 2.05) is 4.83 Å². The molecule has 1 aromatic carbocycles. The van der Waals surface area contributed by atoms with E-state index in [-0.39, 0.29) is 10.0 Å². The molecule has 0 aliphatic heterocycles. The van der Waals surface area contributed by atoms with Gasteiger partial charge in [-0.05, 0) is 30.4 Å². The molecule has 0 bridgehead atoms. The fraction of sp³-hybridized carbons (Fsp3) is 0. The van der Waals surface area contributed by atoms with Crippen molar-refractivity contribution in [2.45, 2.75) is 4.90 Å². The number of hydrogen-bond acceptors (Lipinski definition) is 3. The van der Waals surface area contributed by atoms with Crippen molar-refractivity contribution in [3.63, 3.8) is 0 Å². The molecule has 5 nitrogen and oxygen atoms in total. The molecule has 0 saturated carbocycles. The SMILES string of the molecule is NC(=S)NNS(=O)(=O)c1cccc(F)c1. The van der Waals surface area contributed by atoms with Gasteiger partial charge in [-0.1, -0.05) is 6.07 Å². The number of nitrogens with two attached hydrogens (primary N) is 1. The fourth-order valence-electron chi connectivity index (χ4n) is 0.811. The molecule has 0 heterocycles. The van der Waals surface area contributed by atoms with Crippen LogP contribution >= 0.6 is 12.2 Å². The van der Waals surface area contributed by atoms with Crippen LogP contribution in [0.25, 0.3) is 0 Å². The number of nitrogens with one attached hydrogen (secondary N) is 2. The Labute approximate surface area is 91.5 Å². The van der Waals surface area contributed by atoms with Crippen LogP contribution in [0.3, 0.4) is 0 Å². The van der Waals surface area contributed by atoms with Crippen LogP contribution < -0.4 is 16.0 Å². The van der Waals surface area contributed by atoms with Crippen molar-refractivity contribution < 1.29 is 12.8 Å². The van der Waals surface area contributed by atoms with E-state index in [1.54, 1.807) is 0 Å². The van der Waals surface area contributed by atoms with Gasteiger partial charge in [-0.2, -0.15) is 0 Å². The molecule has 82 valence electrons. The van der Waals surface area contributed by atoms with Gasteiger partial charge >= 0.3 is 0 Å². The monoisotopic (exact) mass is 249 g/mol. The zero-order valence-corrected chi connectivity index (χ0v) is 9.03. The van der Waals surface area contributed by atoms with Gasteiger partial charge in [0.15, 0.2) is 5.11 Å². The molecule has 0 saturated heterocycles. The van der Waals surface area contributed by atoms with Gasteiger partial charge in [-0.3, -0.25) is 5.43 Å². The molecule has 0 aliphatic carbocycles. The summed E-state index contributed by atoms with van der Waals surface area (Å²) in [6.07, 6.45) is 0. The average molecular weight is 249 g/mol. The lowest BCUT2D eigenvalue weighted by atomic mass is 10.4. The molecule has 0 amide bonds. The van der Waals surface area contributed by atoms with Gasteiger partial charge in [0.25, 0.3) is 10.0 Å². The molecule has 0 atom stereocenters. The zero-order chi connectivity index (χ0) is 11.5. The quantitative estimate of drug-likeness (QED) is 0.512. The van der Waals surface area contributed by atoms with Crippen LogP contribution in [-0.2, 0) is 10.0 Å². The molecule has 0 aromatic heterocycles. The Kier molecular flexibility index (Phi) is 3.56. The third-order valence-corrected chi connectivity index (χ3v) is 2.76. The minimum atomic E-state index is -3.85. The van der Waals surface area contributed by atoms with Gasteiger partial charge in [0.1, 0.15) is 5.82 Å². The van der Waals surface area contributed by atoms with Gasteiger partial charge in [-0.15, -0.1) is 4.83 Å². The van der Waals surface area contributed by atoms with E-state index in [4.69, 9.17) is 5.73 Å². The van der Waals surface area contributed by atoms with Crippen LogP contribution in [0.1, 0.15) is 0 Å². The Morgan fingerprint density at radius 1 is 1.47 bits per heavy atom. The van der Waals surface area contributed by atoms with Crippen molar-refractivity contribution in [1.29, 1.82) is 0 Å². The maximum absolute atomic E-state index is 12.7. The van der Waals surface area contributed by atoms with Crippen LogP contribution in [-0.4, -0.2) is 13.5 Å². The van der Waals surface area contributed by atoms with E-state index in [0.29, 0.717) is 0 Å². The van der Waals surface area contributed by atoms with E-state index >= 15 is 0 Å². The first kappa shape index (κ1) is 11.8. The second kappa shape index (κ2) is 4.51. The number of benzene rings is 1. The largest absolute Gasteiger partial charge is 0.375 e. The average Bonchev–Trinajstić information content (AvgIpc) is 2.15. The Hall–Kier alpha value is -1.25. The number of rotatable bonds is 3. The highest BCUT2D eigenvalue weighted by Gasteiger charge is 2.13. The number of hydrazine groups is 1. The zero-order valence-electron chi connectivity index (χ0n) is 7.40. The predicted octanol–water partition coefficient (Wildman–Crippen LogP) is -0.148. The summed E-state index contributed by atoms with van der Waals surface area (Å²) in [5.41, 5.74) is 7.08. The predicted molar refractivity (Wildman–Crippen MR) is 56.6 cm³/mol. The molecule has 0 aliphatic rings. The van der Waals surface area contributed by atoms with E-state index in [0.717, 1.165) is 12.1 Å². The minimum Gasteiger partial charge on any atom is -0.375 e. The lowest BCUT2D eigenvalue weighted by molar-refractivity contribution is 0.574. The fourth-order valence-corrected chi connectivity index (χ4v) is 1.81. The molecule has 0 fully saturated rings.